The van der Waals surface area contributed by atoms with Crippen LogP contribution in [-0.2, 0) is 27.5 Å². The molecule has 0 aliphatic heterocycles. The zero-order chi connectivity index (χ0) is 21.4. The second kappa shape index (κ2) is 10.1. The average Bonchev–Trinajstić information content (AvgIpc) is 3.25. The van der Waals surface area contributed by atoms with E-state index < -0.39 is 11.6 Å². The van der Waals surface area contributed by atoms with E-state index in [0.717, 1.165) is 5.56 Å². The third kappa shape index (κ3) is 5.93. The molecule has 1 heterocycles. The van der Waals surface area contributed by atoms with Gasteiger partial charge in [0.1, 0.15) is 24.1 Å². The van der Waals surface area contributed by atoms with Crippen LogP contribution in [0.3, 0.4) is 0 Å². The first-order valence-electron chi connectivity index (χ1n) is 8.81. The number of benzene rings is 2. The largest absolute Gasteiger partial charge is 0.455 e. The van der Waals surface area contributed by atoms with Gasteiger partial charge in [0.2, 0.25) is 0 Å². The molecule has 10 nitrogen and oxygen atoms in total. The summed E-state index contributed by atoms with van der Waals surface area (Å²) in [5.41, 5.74) is 1.29. The maximum absolute atomic E-state index is 10.8. The molecule has 0 saturated heterocycles. The average molecular weight is 447 g/mol. The van der Waals surface area contributed by atoms with Gasteiger partial charge < -0.3 is 9.15 Å². The molecule has 0 aliphatic rings. The van der Waals surface area contributed by atoms with Gasteiger partial charge in [0.15, 0.2) is 0 Å². The van der Waals surface area contributed by atoms with E-state index in [4.69, 9.17) is 25.5 Å². The summed E-state index contributed by atoms with van der Waals surface area (Å²) in [6, 6.07) is 14.9. The van der Waals surface area contributed by atoms with Gasteiger partial charge in [-0.25, -0.2) is 9.67 Å². The van der Waals surface area contributed by atoms with Crippen LogP contribution in [0, 0.1) is 10.1 Å². The lowest BCUT2D eigenvalue weighted by molar-refractivity contribution is -0.384. The van der Waals surface area contributed by atoms with E-state index in [1.807, 2.05) is 30.3 Å². The number of hydrogen-bond acceptors (Lipinski definition) is 9. The smallest absolute Gasteiger partial charge is 0.415 e. The van der Waals surface area contributed by atoms with E-state index in [1.54, 1.807) is 17.9 Å². The van der Waals surface area contributed by atoms with E-state index in [0.29, 0.717) is 12.3 Å². The van der Waals surface area contributed by atoms with Gasteiger partial charge in [-0.05, 0) is 19.1 Å². The third-order valence-electron chi connectivity index (χ3n) is 3.69. The Morgan fingerprint density at radius 1 is 1.23 bits per heavy atom. The van der Waals surface area contributed by atoms with Gasteiger partial charge in [0.25, 0.3) is 5.69 Å². The molecule has 0 spiro atoms. The van der Waals surface area contributed by atoms with Gasteiger partial charge in [-0.1, -0.05) is 35.5 Å². The van der Waals surface area contributed by atoms with Crippen LogP contribution in [0.15, 0.2) is 72.4 Å². The summed E-state index contributed by atoms with van der Waals surface area (Å²) in [6.07, 6.45) is 2.98. The molecule has 0 bridgehead atoms. The minimum Gasteiger partial charge on any atom is -0.415 e. The molecule has 0 N–H and O–H groups in total. The van der Waals surface area contributed by atoms with Crippen LogP contribution >= 0.6 is 6.72 Å². The molecule has 1 atom stereocenters. The molecule has 1 unspecified atom stereocenters. The lowest BCUT2D eigenvalue weighted by Crippen LogP contribution is -2.13. The van der Waals surface area contributed by atoms with E-state index in [2.05, 4.69) is 15.2 Å². The first kappa shape index (κ1) is 21.6. The lowest BCUT2D eigenvalue weighted by Gasteiger charge is -2.19. The summed E-state index contributed by atoms with van der Waals surface area (Å²) in [7, 11) is 0. The van der Waals surface area contributed by atoms with Crippen molar-refractivity contribution >= 4 is 29.9 Å². The van der Waals surface area contributed by atoms with Crippen LogP contribution < -0.4 is 4.52 Å². The lowest BCUT2D eigenvalue weighted by atomic mass is 10.1. The van der Waals surface area contributed by atoms with Crippen molar-refractivity contribution in [2.45, 2.75) is 13.5 Å². The molecule has 0 amide bonds. The third-order valence-corrected chi connectivity index (χ3v) is 5.72. The number of nitro groups is 1. The Hall–Kier alpha value is -3.14. The quantitative estimate of drug-likeness (QED) is 0.199. The number of aromatic nitrogens is 3. The molecule has 0 saturated carbocycles. The minimum absolute atomic E-state index is 0.0646. The van der Waals surface area contributed by atoms with E-state index in [-0.39, 0.29) is 18.0 Å². The highest BCUT2D eigenvalue weighted by Crippen LogP contribution is 2.50. The van der Waals surface area contributed by atoms with Crippen LogP contribution in [0.2, 0.25) is 0 Å². The molecule has 3 aromatic rings. The van der Waals surface area contributed by atoms with Gasteiger partial charge in [-0.3, -0.25) is 14.6 Å². The fourth-order valence-electron chi connectivity index (χ4n) is 2.35. The number of nitro benzene ring substituents is 1. The number of rotatable bonds is 10. The summed E-state index contributed by atoms with van der Waals surface area (Å²) >= 11 is 5.45. The Labute approximate surface area is 177 Å². The van der Waals surface area contributed by atoms with Crippen molar-refractivity contribution in [1.29, 1.82) is 0 Å². The molecule has 3 rings (SSSR count). The summed E-state index contributed by atoms with van der Waals surface area (Å²) in [6.45, 7) is -1.03. The van der Waals surface area contributed by atoms with E-state index in [9.17, 15) is 10.1 Å². The summed E-state index contributed by atoms with van der Waals surface area (Å²) < 4.78 is 18.4. The number of nitrogens with zero attached hydrogens (tertiary/aromatic N) is 5. The topological polar surface area (TPSA) is 114 Å². The number of oxime groups is 1. The summed E-state index contributed by atoms with van der Waals surface area (Å²) in [5.74, 6) is 0.283. The Bertz CT molecular complexity index is 1040. The Morgan fingerprint density at radius 2 is 1.97 bits per heavy atom. The monoisotopic (exact) mass is 447 g/mol. The van der Waals surface area contributed by atoms with Crippen LogP contribution in [0.5, 0.6) is 5.75 Å². The maximum atomic E-state index is 10.8. The van der Waals surface area contributed by atoms with Crippen molar-refractivity contribution in [2.75, 3.05) is 6.61 Å². The fourth-order valence-corrected chi connectivity index (χ4v) is 4.06. The normalized spacial score (nSPS) is 13.4. The van der Waals surface area contributed by atoms with Crippen LogP contribution in [0.25, 0.3) is 0 Å². The first-order valence-corrected chi connectivity index (χ1v) is 11.4. The molecule has 2 aromatic carbocycles. The van der Waals surface area contributed by atoms with Crippen molar-refractivity contribution < 1.29 is 18.6 Å². The highest BCUT2D eigenvalue weighted by atomic mass is 32.5. The van der Waals surface area contributed by atoms with E-state index in [1.165, 1.54) is 30.6 Å². The van der Waals surface area contributed by atoms with Crippen molar-refractivity contribution in [2.24, 2.45) is 5.16 Å². The maximum Gasteiger partial charge on any atom is 0.455 e. The minimum atomic E-state index is -3.31. The van der Waals surface area contributed by atoms with Crippen molar-refractivity contribution in [3.63, 3.8) is 0 Å². The van der Waals surface area contributed by atoms with Gasteiger partial charge in [-0.15, -0.1) is 0 Å². The predicted octanol–water partition coefficient (Wildman–Crippen LogP) is 3.95. The standard InChI is InChI=1S/C18H18N5O5PS/c1-2-26-29(30,27-17-10-8-16(9-11-17)23(24)25)28-21-18(12-22-14-19-13-20-22)15-6-4-3-5-7-15/h3-11,13-14H,2,12H2,1H3/b21-18+. The van der Waals surface area contributed by atoms with Crippen LogP contribution in [0.1, 0.15) is 12.5 Å². The zero-order valence-corrected chi connectivity index (χ0v) is 17.6. The Balaban J connectivity index is 1.83. The molecule has 12 heteroatoms. The molecular formula is C18H18N5O5PS. The van der Waals surface area contributed by atoms with Gasteiger partial charge in [0, 0.05) is 29.5 Å². The molecular weight excluding hydrogens is 429 g/mol. The molecule has 156 valence electrons. The second-order valence-electron chi connectivity index (χ2n) is 5.79. The van der Waals surface area contributed by atoms with Crippen molar-refractivity contribution in [3.8, 4) is 5.75 Å². The molecule has 0 fully saturated rings. The highest BCUT2D eigenvalue weighted by molar-refractivity contribution is 8.07. The Kier molecular flexibility index (Phi) is 7.23. The summed E-state index contributed by atoms with van der Waals surface area (Å²) in [4.78, 5) is 14.2. The van der Waals surface area contributed by atoms with Gasteiger partial charge >= 0.3 is 6.72 Å². The SMILES string of the molecule is CCOP(=S)(O/N=C(\Cn1cncn1)c1ccccc1)Oc1ccc([N+](=O)[O-])cc1. The summed E-state index contributed by atoms with van der Waals surface area (Å²) in [5, 5.41) is 19.1. The molecule has 0 radical (unpaired) electrons. The van der Waals surface area contributed by atoms with Crippen molar-refractivity contribution in [1.82, 2.24) is 14.8 Å². The second-order valence-corrected chi connectivity index (χ2v) is 8.63. The first-order chi connectivity index (χ1) is 14.5. The molecule has 0 aliphatic carbocycles. The van der Waals surface area contributed by atoms with Crippen LogP contribution in [0.4, 0.5) is 5.69 Å². The molecule has 30 heavy (non-hydrogen) atoms. The van der Waals surface area contributed by atoms with Gasteiger partial charge in [-0.2, -0.15) is 5.10 Å². The van der Waals surface area contributed by atoms with Crippen LogP contribution in [-0.4, -0.2) is 32.0 Å². The predicted molar refractivity (Wildman–Crippen MR) is 114 cm³/mol. The zero-order valence-electron chi connectivity index (χ0n) is 15.9. The number of non-ortho nitro benzene ring substituents is 1. The Morgan fingerprint density at radius 3 is 2.57 bits per heavy atom. The van der Waals surface area contributed by atoms with Crippen molar-refractivity contribution in [3.05, 3.63) is 82.9 Å². The molecule has 1 aromatic heterocycles. The highest BCUT2D eigenvalue weighted by Gasteiger charge is 2.25. The fraction of sp³-hybridized carbons (Fsp3) is 0.167. The number of hydrogen-bond donors (Lipinski definition) is 0. The van der Waals surface area contributed by atoms with E-state index >= 15 is 0 Å². The van der Waals surface area contributed by atoms with Gasteiger partial charge in [0.05, 0.1) is 18.1 Å².